The van der Waals surface area contributed by atoms with E-state index in [-0.39, 0.29) is 24.0 Å². The van der Waals surface area contributed by atoms with Crippen LogP contribution in [0.3, 0.4) is 0 Å². The summed E-state index contributed by atoms with van der Waals surface area (Å²) >= 11 is 0. The normalized spacial score (nSPS) is 24.4. The van der Waals surface area contributed by atoms with Gasteiger partial charge in [0, 0.05) is 24.7 Å². The molecule has 1 aliphatic carbocycles. The monoisotopic (exact) mass is 238 g/mol. The predicted molar refractivity (Wildman–Crippen MR) is 62.5 cm³/mol. The van der Waals surface area contributed by atoms with Crippen LogP contribution in [0.2, 0.25) is 0 Å². The number of hydrogen-bond acceptors (Lipinski definition) is 3. The van der Waals surface area contributed by atoms with Crippen molar-refractivity contribution in [3.63, 3.8) is 0 Å². The van der Waals surface area contributed by atoms with Gasteiger partial charge in [-0.1, -0.05) is 12.2 Å². The van der Waals surface area contributed by atoms with Gasteiger partial charge in [-0.15, -0.1) is 0 Å². The Balaban J connectivity index is 2.24. The van der Waals surface area contributed by atoms with Gasteiger partial charge in [-0.3, -0.25) is 9.59 Å². The Kier molecular flexibility index (Phi) is 5.60. The van der Waals surface area contributed by atoms with Crippen molar-refractivity contribution < 1.29 is 19.5 Å². The quantitative estimate of drug-likeness (QED) is 0.418. The highest BCUT2D eigenvalue weighted by Crippen LogP contribution is 2.29. The van der Waals surface area contributed by atoms with E-state index < -0.39 is 5.97 Å². The van der Waals surface area contributed by atoms with Crippen LogP contribution in [0.4, 0.5) is 0 Å². The number of Topliss-reactive ketones (excluding diaryl/α,β-unsaturated/α-hetero) is 1. The van der Waals surface area contributed by atoms with Gasteiger partial charge >= 0.3 is 5.97 Å². The molecule has 1 N–H and O–H groups in total. The third kappa shape index (κ3) is 4.51. The molecular formula is C13H18O4. The van der Waals surface area contributed by atoms with Crippen LogP contribution in [0.5, 0.6) is 0 Å². The van der Waals surface area contributed by atoms with Crippen molar-refractivity contribution in [1.29, 1.82) is 0 Å². The van der Waals surface area contributed by atoms with E-state index in [2.05, 4.69) is 0 Å². The maximum atomic E-state index is 11.5. The standard InChI is InChI=1S/C13H18O4/c14-9-10-7-8-12(15)11(10)5-3-1-2-4-6-13(16)17/h1,3,9-11H,2,4-8H2,(H,16,17). The molecule has 0 bridgehead atoms. The zero-order chi connectivity index (χ0) is 12.7. The molecule has 0 aromatic heterocycles. The summed E-state index contributed by atoms with van der Waals surface area (Å²) in [6.45, 7) is 0. The number of allylic oxidation sites excluding steroid dienone is 2. The molecule has 4 nitrogen and oxygen atoms in total. The van der Waals surface area contributed by atoms with Crippen molar-refractivity contribution in [3.8, 4) is 0 Å². The predicted octanol–water partition coefficient (Wildman–Crippen LogP) is 1.98. The van der Waals surface area contributed by atoms with E-state index >= 15 is 0 Å². The molecular weight excluding hydrogens is 220 g/mol. The van der Waals surface area contributed by atoms with Crippen molar-refractivity contribution in [2.75, 3.05) is 0 Å². The fourth-order valence-electron chi connectivity index (χ4n) is 2.14. The van der Waals surface area contributed by atoms with E-state index in [0.717, 1.165) is 6.29 Å². The first-order chi connectivity index (χ1) is 8.15. The minimum atomic E-state index is -0.787. The van der Waals surface area contributed by atoms with Crippen LogP contribution in [-0.4, -0.2) is 23.1 Å². The zero-order valence-electron chi connectivity index (χ0n) is 9.80. The van der Waals surface area contributed by atoms with E-state index in [4.69, 9.17) is 5.11 Å². The Hall–Kier alpha value is -1.45. The van der Waals surface area contributed by atoms with Gasteiger partial charge in [-0.2, -0.15) is 0 Å². The molecule has 94 valence electrons. The summed E-state index contributed by atoms with van der Waals surface area (Å²) in [5.41, 5.74) is 0. The number of rotatable bonds is 7. The molecule has 0 heterocycles. The third-order valence-electron chi connectivity index (χ3n) is 3.15. The average Bonchev–Trinajstić information content (AvgIpc) is 2.64. The van der Waals surface area contributed by atoms with Crippen molar-refractivity contribution in [2.45, 2.75) is 38.5 Å². The highest BCUT2D eigenvalue weighted by atomic mass is 16.4. The Bertz CT molecular complexity index is 319. The number of carbonyl (C=O) groups is 3. The summed E-state index contributed by atoms with van der Waals surface area (Å²) in [6.07, 6.45) is 7.97. The van der Waals surface area contributed by atoms with Gasteiger partial charge in [0.15, 0.2) is 0 Å². The maximum Gasteiger partial charge on any atom is 0.303 e. The Morgan fingerprint density at radius 1 is 1.41 bits per heavy atom. The highest BCUT2D eigenvalue weighted by Gasteiger charge is 2.32. The van der Waals surface area contributed by atoms with Gasteiger partial charge in [-0.25, -0.2) is 0 Å². The van der Waals surface area contributed by atoms with Crippen molar-refractivity contribution in [1.82, 2.24) is 0 Å². The largest absolute Gasteiger partial charge is 0.481 e. The molecule has 0 aromatic rings. The fourth-order valence-corrected chi connectivity index (χ4v) is 2.14. The van der Waals surface area contributed by atoms with Crippen molar-refractivity contribution >= 4 is 18.0 Å². The Morgan fingerprint density at radius 2 is 2.18 bits per heavy atom. The molecule has 17 heavy (non-hydrogen) atoms. The van der Waals surface area contributed by atoms with Crippen molar-refractivity contribution in [2.24, 2.45) is 11.8 Å². The molecule has 0 radical (unpaired) electrons. The number of carboxylic acid groups (broad SMARTS) is 1. The molecule has 1 aliphatic rings. The molecule has 0 spiro atoms. The summed E-state index contributed by atoms with van der Waals surface area (Å²) in [5.74, 6) is -0.878. The number of carbonyl (C=O) groups excluding carboxylic acids is 2. The lowest BCUT2D eigenvalue weighted by Gasteiger charge is -2.09. The molecule has 0 saturated heterocycles. The number of aldehydes is 1. The number of carboxylic acids is 1. The summed E-state index contributed by atoms with van der Waals surface area (Å²) < 4.78 is 0. The van der Waals surface area contributed by atoms with E-state index in [1.807, 2.05) is 12.2 Å². The number of aliphatic carboxylic acids is 1. The molecule has 0 aliphatic heterocycles. The van der Waals surface area contributed by atoms with E-state index in [1.54, 1.807) is 0 Å². The second-order valence-electron chi connectivity index (χ2n) is 4.40. The first-order valence-corrected chi connectivity index (χ1v) is 6.00. The van der Waals surface area contributed by atoms with Crippen LogP contribution in [0.25, 0.3) is 0 Å². The van der Waals surface area contributed by atoms with Crippen LogP contribution in [0, 0.1) is 11.8 Å². The molecule has 0 amide bonds. The third-order valence-corrected chi connectivity index (χ3v) is 3.15. The minimum Gasteiger partial charge on any atom is -0.481 e. The summed E-state index contributed by atoms with van der Waals surface area (Å²) in [6, 6.07) is 0. The molecule has 2 unspecified atom stereocenters. The van der Waals surface area contributed by atoms with Crippen LogP contribution in [-0.2, 0) is 14.4 Å². The molecule has 1 fully saturated rings. The van der Waals surface area contributed by atoms with Gasteiger partial charge in [0.2, 0.25) is 0 Å². The molecule has 1 saturated carbocycles. The molecule has 2 atom stereocenters. The fraction of sp³-hybridized carbons (Fsp3) is 0.615. The SMILES string of the molecule is O=CC1CCC(=O)C1CC=CCCCC(=O)O. The highest BCUT2D eigenvalue weighted by molar-refractivity contribution is 5.87. The smallest absolute Gasteiger partial charge is 0.303 e. The lowest BCUT2D eigenvalue weighted by atomic mass is 9.93. The van der Waals surface area contributed by atoms with Crippen LogP contribution in [0.15, 0.2) is 12.2 Å². The zero-order valence-corrected chi connectivity index (χ0v) is 9.80. The van der Waals surface area contributed by atoms with E-state index in [9.17, 15) is 14.4 Å². The number of unbranched alkanes of at least 4 members (excludes halogenated alkanes) is 1. The lowest BCUT2D eigenvalue weighted by Crippen LogP contribution is -2.14. The summed E-state index contributed by atoms with van der Waals surface area (Å²) in [7, 11) is 0. The second-order valence-corrected chi connectivity index (χ2v) is 4.40. The summed E-state index contributed by atoms with van der Waals surface area (Å²) in [5, 5.41) is 8.44. The van der Waals surface area contributed by atoms with Crippen LogP contribution >= 0.6 is 0 Å². The van der Waals surface area contributed by atoms with Crippen LogP contribution in [0.1, 0.15) is 38.5 Å². The summed E-state index contributed by atoms with van der Waals surface area (Å²) in [4.78, 5) is 32.5. The van der Waals surface area contributed by atoms with Gasteiger partial charge in [0.1, 0.15) is 12.1 Å². The topological polar surface area (TPSA) is 71.4 Å². The second kappa shape index (κ2) is 6.99. The van der Waals surface area contributed by atoms with Gasteiger partial charge in [0.25, 0.3) is 0 Å². The van der Waals surface area contributed by atoms with Crippen molar-refractivity contribution in [3.05, 3.63) is 12.2 Å². The first kappa shape index (κ1) is 13.6. The van der Waals surface area contributed by atoms with E-state index in [0.29, 0.717) is 32.1 Å². The number of hydrogen-bond donors (Lipinski definition) is 1. The number of ketones is 1. The molecule has 4 heteroatoms. The average molecular weight is 238 g/mol. The van der Waals surface area contributed by atoms with Gasteiger partial charge in [-0.05, 0) is 25.7 Å². The minimum absolute atomic E-state index is 0.119. The Morgan fingerprint density at radius 3 is 2.82 bits per heavy atom. The first-order valence-electron chi connectivity index (χ1n) is 6.00. The maximum absolute atomic E-state index is 11.5. The molecule has 1 rings (SSSR count). The van der Waals surface area contributed by atoms with E-state index in [1.165, 1.54) is 0 Å². The van der Waals surface area contributed by atoms with Crippen LogP contribution < -0.4 is 0 Å². The lowest BCUT2D eigenvalue weighted by molar-refractivity contribution is -0.137. The van der Waals surface area contributed by atoms with Gasteiger partial charge in [0.05, 0.1) is 0 Å². The molecule has 0 aromatic carbocycles. The Labute approximate surface area is 101 Å². The van der Waals surface area contributed by atoms with Gasteiger partial charge < -0.3 is 9.90 Å².